The smallest absolute Gasteiger partial charge is 0.322 e. The van der Waals surface area contributed by atoms with Crippen molar-refractivity contribution in [3.8, 4) is 6.01 Å². The highest BCUT2D eigenvalue weighted by atomic mass is 35.5. The molecule has 1 aromatic rings. The Balaban J connectivity index is 2.62. The van der Waals surface area contributed by atoms with Gasteiger partial charge in [-0.1, -0.05) is 0 Å². The number of anilines is 1. The van der Waals surface area contributed by atoms with E-state index in [1.165, 1.54) is 0 Å². The number of carbonyl (C=O) groups is 1. The van der Waals surface area contributed by atoms with Crippen LogP contribution in [0.3, 0.4) is 0 Å². The second kappa shape index (κ2) is 8.49. The molecule has 0 spiro atoms. The SMILES string of the molecule is CCOc1nc(Cl)nc(N(C)CC(=O)NCCOC)n1. The first-order valence-electron chi connectivity index (χ1n) is 6.08. The zero-order valence-electron chi connectivity index (χ0n) is 11.7. The van der Waals surface area contributed by atoms with Crippen LogP contribution in [0.5, 0.6) is 6.01 Å². The molecule has 0 bridgehead atoms. The van der Waals surface area contributed by atoms with E-state index >= 15 is 0 Å². The molecule has 1 rings (SSSR count). The monoisotopic (exact) mass is 303 g/mol. The summed E-state index contributed by atoms with van der Waals surface area (Å²) in [5.41, 5.74) is 0. The fourth-order valence-electron chi connectivity index (χ4n) is 1.32. The summed E-state index contributed by atoms with van der Waals surface area (Å²) < 4.78 is 10.0. The summed E-state index contributed by atoms with van der Waals surface area (Å²) in [6.45, 7) is 3.23. The number of carbonyl (C=O) groups excluding carboxylic acids is 1. The molecule has 20 heavy (non-hydrogen) atoms. The van der Waals surface area contributed by atoms with Gasteiger partial charge in [0, 0.05) is 20.7 Å². The Labute approximate surface area is 122 Å². The molecule has 8 nitrogen and oxygen atoms in total. The van der Waals surface area contributed by atoms with Crippen LogP contribution in [0.1, 0.15) is 6.92 Å². The van der Waals surface area contributed by atoms with E-state index in [2.05, 4.69) is 20.3 Å². The van der Waals surface area contributed by atoms with E-state index in [0.717, 1.165) is 0 Å². The maximum atomic E-state index is 11.7. The number of hydrogen-bond donors (Lipinski definition) is 1. The van der Waals surface area contributed by atoms with Crippen LogP contribution in [0.4, 0.5) is 5.95 Å². The summed E-state index contributed by atoms with van der Waals surface area (Å²) >= 11 is 5.78. The molecule has 0 aromatic carbocycles. The van der Waals surface area contributed by atoms with E-state index in [-0.39, 0.29) is 29.7 Å². The van der Waals surface area contributed by atoms with Crippen LogP contribution in [-0.4, -0.2) is 61.3 Å². The Morgan fingerprint density at radius 3 is 2.80 bits per heavy atom. The Morgan fingerprint density at radius 1 is 1.40 bits per heavy atom. The number of aromatic nitrogens is 3. The van der Waals surface area contributed by atoms with Crippen molar-refractivity contribution in [1.82, 2.24) is 20.3 Å². The lowest BCUT2D eigenvalue weighted by Gasteiger charge is -2.16. The molecule has 0 aliphatic heterocycles. The van der Waals surface area contributed by atoms with Gasteiger partial charge in [0.1, 0.15) is 0 Å². The van der Waals surface area contributed by atoms with Crippen molar-refractivity contribution in [3.63, 3.8) is 0 Å². The first-order valence-corrected chi connectivity index (χ1v) is 6.45. The Hall–Kier alpha value is -1.67. The third-order valence-corrected chi connectivity index (χ3v) is 2.37. The van der Waals surface area contributed by atoms with Crippen molar-refractivity contribution < 1.29 is 14.3 Å². The molecule has 1 heterocycles. The van der Waals surface area contributed by atoms with Crippen molar-refractivity contribution >= 4 is 23.5 Å². The van der Waals surface area contributed by atoms with Crippen LogP contribution in [0.2, 0.25) is 5.28 Å². The number of amides is 1. The van der Waals surface area contributed by atoms with Crippen LogP contribution in [0.15, 0.2) is 0 Å². The molecule has 0 aliphatic rings. The van der Waals surface area contributed by atoms with Crippen molar-refractivity contribution in [2.24, 2.45) is 0 Å². The molecule has 1 amide bonds. The molecule has 9 heteroatoms. The summed E-state index contributed by atoms with van der Waals surface area (Å²) in [4.78, 5) is 25.0. The molecule has 1 aromatic heterocycles. The van der Waals surface area contributed by atoms with Gasteiger partial charge < -0.3 is 19.7 Å². The Kier molecular flexibility index (Phi) is 6.96. The van der Waals surface area contributed by atoms with Crippen LogP contribution in [-0.2, 0) is 9.53 Å². The van der Waals surface area contributed by atoms with E-state index in [1.54, 1.807) is 19.1 Å². The lowest BCUT2D eigenvalue weighted by Crippen LogP contribution is -2.37. The lowest BCUT2D eigenvalue weighted by atomic mass is 10.5. The van der Waals surface area contributed by atoms with E-state index in [4.69, 9.17) is 21.1 Å². The summed E-state index contributed by atoms with van der Waals surface area (Å²) in [5.74, 6) is 0.106. The van der Waals surface area contributed by atoms with E-state index in [9.17, 15) is 4.79 Å². The van der Waals surface area contributed by atoms with Gasteiger partial charge in [-0.2, -0.15) is 15.0 Å². The number of methoxy groups -OCH3 is 1. The normalized spacial score (nSPS) is 10.2. The number of nitrogens with zero attached hydrogens (tertiary/aromatic N) is 4. The topological polar surface area (TPSA) is 89.5 Å². The molecular formula is C11H18ClN5O3. The Bertz CT molecular complexity index is 446. The lowest BCUT2D eigenvalue weighted by molar-refractivity contribution is -0.119. The standard InChI is InChI=1S/C11H18ClN5O3/c1-4-20-11-15-9(12)14-10(16-11)17(2)7-8(18)13-5-6-19-3/h4-7H2,1-3H3,(H,13,18). The maximum absolute atomic E-state index is 11.7. The van der Waals surface area contributed by atoms with Crippen molar-refractivity contribution in [2.75, 3.05) is 45.4 Å². The highest BCUT2D eigenvalue weighted by Gasteiger charge is 2.13. The maximum Gasteiger partial charge on any atom is 0.322 e. The molecule has 0 saturated heterocycles. The van der Waals surface area contributed by atoms with Gasteiger partial charge in [-0.05, 0) is 18.5 Å². The zero-order chi connectivity index (χ0) is 15.0. The van der Waals surface area contributed by atoms with Crippen molar-refractivity contribution in [1.29, 1.82) is 0 Å². The number of ether oxygens (including phenoxy) is 2. The average molecular weight is 304 g/mol. The fraction of sp³-hybridized carbons (Fsp3) is 0.636. The molecule has 112 valence electrons. The minimum Gasteiger partial charge on any atom is -0.464 e. The summed E-state index contributed by atoms with van der Waals surface area (Å²) in [5, 5.41) is 2.72. The fourth-order valence-corrected chi connectivity index (χ4v) is 1.47. The highest BCUT2D eigenvalue weighted by molar-refractivity contribution is 6.28. The van der Waals surface area contributed by atoms with Gasteiger partial charge in [-0.15, -0.1) is 0 Å². The molecule has 0 radical (unpaired) electrons. The number of nitrogens with one attached hydrogen (secondary N) is 1. The van der Waals surface area contributed by atoms with Crippen LogP contribution in [0.25, 0.3) is 0 Å². The number of halogens is 1. The molecule has 0 unspecified atom stereocenters. The van der Waals surface area contributed by atoms with Gasteiger partial charge in [-0.3, -0.25) is 4.79 Å². The second-order valence-electron chi connectivity index (χ2n) is 3.82. The van der Waals surface area contributed by atoms with Crippen LogP contribution >= 0.6 is 11.6 Å². The molecule has 0 atom stereocenters. The number of hydrogen-bond acceptors (Lipinski definition) is 7. The summed E-state index contributed by atoms with van der Waals surface area (Å²) in [6, 6.07) is 0.133. The van der Waals surface area contributed by atoms with Crippen LogP contribution < -0.4 is 15.0 Å². The predicted octanol–water partition coefficient (Wildman–Crippen LogP) is 0.122. The van der Waals surface area contributed by atoms with Gasteiger partial charge in [0.2, 0.25) is 17.1 Å². The second-order valence-corrected chi connectivity index (χ2v) is 4.16. The first-order chi connectivity index (χ1) is 9.56. The van der Waals surface area contributed by atoms with Crippen LogP contribution in [0, 0.1) is 0 Å². The molecule has 1 N–H and O–H groups in total. The highest BCUT2D eigenvalue weighted by Crippen LogP contribution is 2.13. The third-order valence-electron chi connectivity index (χ3n) is 2.20. The van der Waals surface area contributed by atoms with Gasteiger partial charge >= 0.3 is 6.01 Å². The average Bonchev–Trinajstić information content (AvgIpc) is 2.38. The van der Waals surface area contributed by atoms with Crippen molar-refractivity contribution in [2.45, 2.75) is 6.92 Å². The molecule has 0 aliphatic carbocycles. The summed E-state index contributed by atoms with van der Waals surface area (Å²) in [7, 11) is 3.25. The Morgan fingerprint density at radius 2 is 2.15 bits per heavy atom. The largest absolute Gasteiger partial charge is 0.464 e. The number of likely N-dealkylation sites (N-methyl/N-ethyl adjacent to an activating group) is 1. The quantitative estimate of drug-likeness (QED) is 0.682. The van der Waals surface area contributed by atoms with Gasteiger partial charge in [0.25, 0.3) is 0 Å². The molecular weight excluding hydrogens is 286 g/mol. The van der Waals surface area contributed by atoms with Gasteiger partial charge in [-0.25, -0.2) is 0 Å². The third kappa shape index (κ3) is 5.54. The zero-order valence-corrected chi connectivity index (χ0v) is 12.5. The summed E-state index contributed by atoms with van der Waals surface area (Å²) in [6.07, 6.45) is 0. The van der Waals surface area contributed by atoms with Crippen molar-refractivity contribution in [3.05, 3.63) is 5.28 Å². The molecule has 0 fully saturated rings. The van der Waals surface area contributed by atoms with Gasteiger partial charge in [0.15, 0.2) is 0 Å². The van der Waals surface area contributed by atoms with Gasteiger partial charge in [0.05, 0.1) is 19.8 Å². The minimum atomic E-state index is -0.168. The predicted molar refractivity (Wildman–Crippen MR) is 74.2 cm³/mol. The first kappa shape index (κ1) is 16.4. The number of rotatable bonds is 8. The van der Waals surface area contributed by atoms with E-state index in [1.807, 2.05) is 6.92 Å². The van der Waals surface area contributed by atoms with E-state index < -0.39 is 0 Å². The minimum absolute atomic E-state index is 0.0186. The van der Waals surface area contributed by atoms with E-state index in [0.29, 0.717) is 19.8 Å². The molecule has 0 saturated carbocycles.